The zero-order valence-corrected chi connectivity index (χ0v) is 13.8. The van der Waals surface area contributed by atoms with E-state index < -0.39 is 0 Å². The lowest BCUT2D eigenvalue weighted by Gasteiger charge is -2.33. The number of anilines is 1. The van der Waals surface area contributed by atoms with E-state index in [0.29, 0.717) is 6.10 Å². The molecule has 1 heterocycles. The lowest BCUT2D eigenvalue weighted by molar-refractivity contribution is -0.0588. The Morgan fingerprint density at radius 1 is 1.25 bits per heavy atom. The number of hydrogen-bond acceptors (Lipinski definition) is 2. The fraction of sp³-hybridized carbons (Fsp3) is 0.647. The fourth-order valence-corrected chi connectivity index (χ4v) is 3.99. The van der Waals surface area contributed by atoms with Crippen LogP contribution < -0.4 is 5.32 Å². The Morgan fingerprint density at radius 2 is 2.05 bits per heavy atom. The standard InChI is InChI=1S/C17H24BrNO/c1-13-5-6-15(18)16(11-13)19-12-14-7-10-17(20-14)8-3-2-4-9-17/h5-6,11,14,19H,2-4,7-10,12H2,1H3. The summed E-state index contributed by atoms with van der Waals surface area (Å²) >= 11 is 3.61. The fourth-order valence-electron chi connectivity index (χ4n) is 3.60. The summed E-state index contributed by atoms with van der Waals surface area (Å²) in [5.41, 5.74) is 2.69. The van der Waals surface area contributed by atoms with Crippen LogP contribution in [0.15, 0.2) is 22.7 Å². The first-order valence-corrected chi connectivity index (χ1v) is 8.64. The van der Waals surface area contributed by atoms with Gasteiger partial charge in [0.1, 0.15) is 0 Å². The normalized spacial score (nSPS) is 25.0. The highest BCUT2D eigenvalue weighted by atomic mass is 79.9. The van der Waals surface area contributed by atoms with Crippen molar-refractivity contribution in [3.63, 3.8) is 0 Å². The van der Waals surface area contributed by atoms with Crippen LogP contribution in [0, 0.1) is 6.92 Å². The molecule has 0 amide bonds. The number of benzene rings is 1. The van der Waals surface area contributed by atoms with Crippen LogP contribution in [-0.2, 0) is 4.74 Å². The van der Waals surface area contributed by atoms with Crippen LogP contribution in [0.5, 0.6) is 0 Å². The van der Waals surface area contributed by atoms with Crippen molar-refractivity contribution in [3.8, 4) is 0 Å². The van der Waals surface area contributed by atoms with E-state index in [1.54, 1.807) is 0 Å². The summed E-state index contributed by atoms with van der Waals surface area (Å²) in [5, 5.41) is 3.55. The van der Waals surface area contributed by atoms with E-state index in [1.165, 1.54) is 56.2 Å². The molecule has 1 saturated carbocycles. The predicted molar refractivity (Wildman–Crippen MR) is 87.3 cm³/mol. The first kappa shape index (κ1) is 14.4. The lowest BCUT2D eigenvalue weighted by atomic mass is 9.83. The van der Waals surface area contributed by atoms with E-state index >= 15 is 0 Å². The third-order valence-corrected chi connectivity index (χ3v) is 5.44. The third-order valence-electron chi connectivity index (χ3n) is 4.75. The van der Waals surface area contributed by atoms with Gasteiger partial charge in [-0.15, -0.1) is 0 Å². The molecule has 1 aliphatic heterocycles. The molecule has 1 N–H and O–H groups in total. The highest BCUT2D eigenvalue weighted by Crippen LogP contribution is 2.42. The van der Waals surface area contributed by atoms with Crippen molar-refractivity contribution < 1.29 is 4.74 Å². The molecule has 2 nitrogen and oxygen atoms in total. The molecule has 2 aliphatic rings. The number of nitrogens with one attached hydrogen (secondary N) is 1. The molecule has 0 radical (unpaired) electrons. The van der Waals surface area contributed by atoms with Gasteiger partial charge in [-0.1, -0.05) is 25.3 Å². The number of ether oxygens (including phenoxy) is 1. The summed E-state index contributed by atoms with van der Waals surface area (Å²) in [7, 11) is 0. The summed E-state index contributed by atoms with van der Waals surface area (Å²) in [6, 6.07) is 6.42. The Morgan fingerprint density at radius 3 is 2.85 bits per heavy atom. The summed E-state index contributed by atoms with van der Waals surface area (Å²) in [6.45, 7) is 3.05. The van der Waals surface area contributed by atoms with Crippen LogP contribution in [0.1, 0.15) is 50.5 Å². The van der Waals surface area contributed by atoms with Gasteiger partial charge >= 0.3 is 0 Å². The van der Waals surface area contributed by atoms with Crippen LogP contribution in [0.4, 0.5) is 5.69 Å². The number of rotatable bonds is 3. The zero-order valence-electron chi connectivity index (χ0n) is 12.3. The smallest absolute Gasteiger partial charge is 0.0756 e. The van der Waals surface area contributed by atoms with Crippen LogP contribution in [-0.4, -0.2) is 18.2 Å². The molecule has 0 bridgehead atoms. The molecule has 20 heavy (non-hydrogen) atoms. The number of aryl methyl sites for hydroxylation is 1. The van der Waals surface area contributed by atoms with Gasteiger partial charge in [-0.05, 0) is 66.2 Å². The second kappa shape index (κ2) is 6.07. The number of halogens is 1. The van der Waals surface area contributed by atoms with Gasteiger partial charge in [0.2, 0.25) is 0 Å². The first-order chi connectivity index (χ1) is 9.67. The van der Waals surface area contributed by atoms with Crippen LogP contribution in [0.25, 0.3) is 0 Å². The molecule has 2 fully saturated rings. The van der Waals surface area contributed by atoms with E-state index in [9.17, 15) is 0 Å². The van der Waals surface area contributed by atoms with Crippen molar-refractivity contribution in [2.75, 3.05) is 11.9 Å². The Labute approximate surface area is 130 Å². The van der Waals surface area contributed by atoms with Crippen molar-refractivity contribution in [1.82, 2.24) is 0 Å². The molecule has 110 valence electrons. The van der Waals surface area contributed by atoms with Gasteiger partial charge in [0.25, 0.3) is 0 Å². The van der Waals surface area contributed by atoms with Gasteiger partial charge in [-0.3, -0.25) is 0 Å². The molecule has 1 aromatic carbocycles. The quantitative estimate of drug-likeness (QED) is 0.833. The zero-order chi connectivity index (χ0) is 14.0. The van der Waals surface area contributed by atoms with Crippen LogP contribution >= 0.6 is 15.9 Å². The first-order valence-electron chi connectivity index (χ1n) is 7.85. The minimum atomic E-state index is 0.231. The average molecular weight is 338 g/mol. The maximum Gasteiger partial charge on any atom is 0.0756 e. The number of hydrogen-bond donors (Lipinski definition) is 1. The van der Waals surface area contributed by atoms with E-state index in [-0.39, 0.29) is 5.60 Å². The summed E-state index contributed by atoms with van der Waals surface area (Å²) in [5.74, 6) is 0. The molecule has 1 aromatic rings. The van der Waals surface area contributed by atoms with Crippen molar-refractivity contribution >= 4 is 21.6 Å². The van der Waals surface area contributed by atoms with E-state index in [2.05, 4.69) is 46.4 Å². The Kier molecular flexibility index (Phi) is 4.37. The van der Waals surface area contributed by atoms with Gasteiger partial charge < -0.3 is 10.1 Å². The van der Waals surface area contributed by atoms with Gasteiger partial charge in [0.15, 0.2) is 0 Å². The minimum absolute atomic E-state index is 0.231. The van der Waals surface area contributed by atoms with E-state index in [0.717, 1.165) is 11.0 Å². The molecule has 1 spiro atoms. The van der Waals surface area contributed by atoms with E-state index in [4.69, 9.17) is 4.74 Å². The molecule has 1 atom stereocenters. The predicted octanol–water partition coefficient (Wildman–Crippen LogP) is 5.05. The molecule has 0 aromatic heterocycles. The summed E-state index contributed by atoms with van der Waals surface area (Å²) in [6.07, 6.45) is 9.48. The second-order valence-electron chi connectivity index (χ2n) is 6.39. The molecular formula is C17H24BrNO. The Hall–Kier alpha value is -0.540. The molecule has 1 aliphatic carbocycles. The topological polar surface area (TPSA) is 21.3 Å². The molecule has 3 rings (SSSR count). The van der Waals surface area contributed by atoms with Crippen molar-refractivity contribution in [2.24, 2.45) is 0 Å². The molecule has 1 saturated heterocycles. The average Bonchev–Trinajstić information content (AvgIpc) is 2.84. The van der Waals surface area contributed by atoms with Gasteiger partial charge in [0.05, 0.1) is 11.7 Å². The lowest BCUT2D eigenvalue weighted by Crippen LogP contribution is -2.33. The minimum Gasteiger partial charge on any atom is -0.382 e. The second-order valence-corrected chi connectivity index (χ2v) is 7.24. The summed E-state index contributed by atoms with van der Waals surface area (Å²) in [4.78, 5) is 0. The Bertz CT molecular complexity index is 468. The van der Waals surface area contributed by atoms with Crippen molar-refractivity contribution in [1.29, 1.82) is 0 Å². The largest absolute Gasteiger partial charge is 0.382 e. The maximum absolute atomic E-state index is 6.40. The van der Waals surface area contributed by atoms with E-state index in [1.807, 2.05) is 0 Å². The van der Waals surface area contributed by atoms with Crippen molar-refractivity contribution in [3.05, 3.63) is 28.2 Å². The highest BCUT2D eigenvalue weighted by molar-refractivity contribution is 9.10. The SMILES string of the molecule is Cc1ccc(Br)c(NCC2CCC3(CCCCC3)O2)c1. The van der Waals surface area contributed by atoms with Crippen LogP contribution in [0.3, 0.4) is 0 Å². The van der Waals surface area contributed by atoms with Gasteiger partial charge in [-0.2, -0.15) is 0 Å². The molecular weight excluding hydrogens is 314 g/mol. The molecule has 1 unspecified atom stereocenters. The monoisotopic (exact) mass is 337 g/mol. The third kappa shape index (κ3) is 3.20. The molecule has 3 heteroatoms. The van der Waals surface area contributed by atoms with Gasteiger partial charge in [0, 0.05) is 16.7 Å². The van der Waals surface area contributed by atoms with Crippen LogP contribution in [0.2, 0.25) is 0 Å². The maximum atomic E-state index is 6.40. The van der Waals surface area contributed by atoms with Crippen molar-refractivity contribution in [2.45, 2.75) is 63.6 Å². The Balaban J connectivity index is 1.56. The van der Waals surface area contributed by atoms with Gasteiger partial charge in [-0.25, -0.2) is 0 Å². The summed E-state index contributed by atoms with van der Waals surface area (Å²) < 4.78 is 7.54. The highest BCUT2D eigenvalue weighted by Gasteiger charge is 2.40.